The number of para-hydroxylation sites is 1. The molecule has 2 aromatic heterocycles. The zero-order valence-corrected chi connectivity index (χ0v) is 12.1. The molecule has 19 heavy (non-hydrogen) atoms. The lowest BCUT2D eigenvalue weighted by molar-refractivity contribution is 1.03. The predicted molar refractivity (Wildman–Crippen MR) is 80.7 cm³/mol. The normalized spacial score (nSPS) is 11.1. The maximum atomic E-state index is 6.32. The van der Waals surface area contributed by atoms with Gasteiger partial charge in [0.2, 0.25) is 0 Å². The van der Waals surface area contributed by atoms with Crippen LogP contribution in [-0.2, 0) is 0 Å². The second kappa shape index (κ2) is 4.47. The third-order valence-electron chi connectivity index (χ3n) is 3.07. The molecule has 0 bridgehead atoms. The van der Waals surface area contributed by atoms with E-state index in [2.05, 4.69) is 9.97 Å². The summed E-state index contributed by atoms with van der Waals surface area (Å²) in [4.78, 5) is 7.64. The summed E-state index contributed by atoms with van der Waals surface area (Å²) in [6.45, 7) is 4.01. The van der Waals surface area contributed by atoms with Crippen molar-refractivity contribution in [3.8, 4) is 5.69 Å². The first-order chi connectivity index (χ1) is 9.08. The molecule has 2 heterocycles. The fraction of sp³-hybridized carbons (Fsp3) is 0.143. The smallest absolute Gasteiger partial charge is 0.184 e. The zero-order valence-electron chi connectivity index (χ0n) is 10.6. The maximum Gasteiger partial charge on any atom is 0.184 e. The fourth-order valence-corrected chi connectivity index (χ4v) is 2.81. The van der Waals surface area contributed by atoms with E-state index in [0.29, 0.717) is 9.79 Å². The molecule has 0 fully saturated rings. The number of aromatic nitrogens is 3. The number of pyridine rings is 1. The van der Waals surface area contributed by atoms with Crippen LogP contribution in [0.1, 0.15) is 11.1 Å². The quantitative estimate of drug-likeness (QED) is 0.676. The first-order valence-corrected chi connectivity index (χ1v) is 6.69. The number of hydrogen-bond donors (Lipinski definition) is 1. The number of halogens is 1. The summed E-state index contributed by atoms with van der Waals surface area (Å²) in [5.74, 6) is 0. The lowest BCUT2D eigenvalue weighted by Crippen LogP contribution is -1.99. The summed E-state index contributed by atoms with van der Waals surface area (Å²) in [6, 6.07) is 7.83. The highest BCUT2D eigenvalue weighted by atomic mass is 35.5. The molecule has 0 unspecified atom stereocenters. The molecule has 0 radical (unpaired) electrons. The van der Waals surface area contributed by atoms with E-state index < -0.39 is 0 Å². The largest absolute Gasteiger partial charge is 0.329 e. The molecule has 0 aliphatic rings. The lowest BCUT2D eigenvalue weighted by Gasteiger charge is -2.09. The Balaban J connectivity index is 2.43. The van der Waals surface area contributed by atoms with Gasteiger partial charge >= 0.3 is 0 Å². The lowest BCUT2D eigenvalue weighted by atomic mass is 10.2. The van der Waals surface area contributed by atoms with Crippen molar-refractivity contribution in [2.45, 2.75) is 13.8 Å². The number of nitrogens with one attached hydrogen (secondary N) is 1. The summed E-state index contributed by atoms with van der Waals surface area (Å²) in [5.41, 5.74) is 4.76. The van der Waals surface area contributed by atoms with Crippen LogP contribution in [0.4, 0.5) is 0 Å². The van der Waals surface area contributed by atoms with Crippen molar-refractivity contribution in [2.75, 3.05) is 0 Å². The molecule has 3 nitrogen and oxygen atoms in total. The van der Waals surface area contributed by atoms with Crippen LogP contribution >= 0.6 is 23.8 Å². The van der Waals surface area contributed by atoms with Gasteiger partial charge in [0, 0.05) is 6.20 Å². The minimum atomic E-state index is 0.601. The van der Waals surface area contributed by atoms with E-state index in [4.69, 9.17) is 23.8 Å². The number of benzene rings is 1. The molecule has 1 N–H and O–H groups in total. The molecule has 0 atom stereocenters. The van der Waals surface area contributed by atoms with Crippen molar-refractivity contribution >= 4 is 35.0 Å². The number of aromatic amines is 1. The van der Waals surface area contributed by atoms with E-state index in [0.717, 1.165) is 28.0 Å². The van der Waals surface area contributed by atoms with Crippen molar-refractivity contribution in [1.82, 2.24) is 14.5 Å². The predicted octanol–water partition coefficient (Wildman–Crippen LogP) is 4.35. The van der Waals surface area contributed by atoms with Crippen molar-refractivity contribution < 1.29 is 0 Å². The van der Waals surface area contributed by atoms with Crippen molar-refractivity contribution in [1.29, 1.82) is 0 Å². The van der Waals surface area contributed by atoms with Crippen molar-refractivity contribution in [2.24, 2.45) is 0 Å². The van der Waals surface area contributed by atoms with Crippen molar-refractivity contribution in [3.05, 3.63) is 51.4 Å². The molecule has 0 aliphatic carbocycles. The number of fused-ring (bicyclic) bond motifs is 1. The van der Waals surface area contributed by atoms with Gasteiger partial charge in [0.25, 0.3) is 0 Å². The molecule has 0 saturated heterocycles. The molecule has 5 heteroatoms. The number of aryl methyl sites for hydroxylation is 2. The fourth-order valence-electron chi connectivity index (χ4n) is 2.21. The van der Waals surface area contributed by atoms with Gasteiger partial charge in [-0.15, -0.1) is 0 Å². The topological polar surface area (TPSA) is 33.6 Å². The van der Waals surface area contributed by atoms with Gasteiger partial charge in [0.15, 0.2) is 10.4 Å². The third-order valence-corrected chi connectivity index (χ3v) is 3.66. The van der Waals surface area contributed by atoms with E-state index >= 15 is 0 Å². The first-order valence-electron chi connectivity index (χ1n) is 5.91. The Morgan fingerprint density at radius 1 is 1.32 bits per heavy atom. The van der Waals surface area contributed by atoms with Crippen LogP contribution in [0, 0.1) is 18.6 Å². The Bertz CT molecular complexity index is 812. The Hall–Kier alpha value is -1.65. The van der Waals surface area contributed by atoms with Crippen LogP contribution in [0.25, 0.3) is 16.9 Å². The number of rotatable bonds is 1. The SMILES string of the molecule is Cc1cnc2c(c1)[nH]c(=S)n2-c1c(C)cccc1Cl. The van der Waals surface area contributed by atoms with Gasteiger partial charge in [-0.2, -0.15) is 0 Å². The monoisotopic (exact) mass is 289 g/mol. The number of imidazole rings is 1. The molecule has 96 valence electrons. The highest BCUT2D eigenvalue weighted by molar-refractivity contribution is 7.71. The van der Waals surface area contributed by atoms with Gasteiger partial charge in [-0.05, 0) is 49.3 Å². The zero-order chi connectivity index (χ0) is 13.6. The van der Waals surface area contributed by atoms with E-state index in [9.17, 15) is 0 Å². The maximum absolute atomic E-state index is 6.32. The van der Waals surface area contributed by atoms with Gasteiger partial charge in [0.1, 0.15) is 0 Å². The minimum absolute atomic E-state index is 0.601. The Morgan fingerprint density at radius 3 is 2.84 bits per heavy atom. The van der Waals surface area contributed by atoms with Crippen LogP contribution in [-0.4, -0.2) is 14.5 Å². The van der Waals surface area contributed by atoms with Gasteiger partial charge in [-0.25, -0.2) is 4.98 Å². The van der Waals surface area contributed by atoms with E-state index in [1.165, 1.54) is 0 Å². The Morgan fingerprint density at radius 2 is 2.11 bits per heavy atom. The molecule has 3 rings (SSSR count). The summed E-state index contributed by atoms with van der Waals surface area (Å²) in [7, 11) is 0. The molecule has 1 aromatic carbocycles. The van der Waals surface area contributed by atoms with Crippen LogP contribution in [0.3, 0.4) is 0 Å². The molecule has 0 spiro atoms. The van der Waals surface area contributed by atoms with Crippen LogP contribution in [0.2, 0.25) is 5.02 Å². The molecular formula is C14H12ClN3S. The summed E-state index contributed by atoms with van der Waals surface area (Å²) in [6.07, 6.45) is 1.83. The minimum Gasteiger partial charge on any atom is -0.329 e. The number of nitrogens with zero attached hydrogens (tertiary/aromatic N) is 2. The van der Waals surface area contributed by atoms with E-state index in [-0.39, 0.29) is 0 Å². The van der Waals surface area contributed by atoms with Gasteiger partial charge in [-0.3, -0.25) is 4.57 Å². The average molecular weight is 290 g/mol. The second-order valence-electron chi connectivity index (χ2n) is 4.55. The van der Waals surface area contributed by atoms with E-state index in [1.807, 2.05) is 48.9 Å². The molecule has 0 aliphatic heterocycles. The Kier molecular flexibility index (Phi) is 2.92. The molecule has 0 amide bonds. The first kappa shape index (κ1) is 12.4. The summed E-state index contributed by atoms with van der Waals surface area (Å²) in [5, 5.41) is 0.666. The van der Waals surface area contributed by atoms with Crippen molar-refractivity contribution in [3.63, 3.8) is 0 Å². The Labute approximate surface area is 120 Å². The highest BCUT2D eigenvalue weighted by Crippen LogP contribution is 2.27. The average Bonchev–Trinajstić information content (AvgIpc) is 2.65. The summed E-state index contributed by atoms with van der Waals surface area (Å²) >= 11 is 11.7. The molecule has 3 aromatic rings. The molecule has 0 saturated carbocycles. The number of hydrogen-bond acceptors (Lipinski definition) is 2. The standard InChI is InChI=1S/C14H12ClN3S/c1-8-6-11-13(16-7-8)18(14(19)17-11)12-9(2)4-3-5-10(12)15/h3-7H,1-2H3,(H,17,19). The second-order valence-corrected chi connectivity index (χ2v) is 5.35. The summed E-state index contributed by atoms with van der Waals surface area (Å²) < 4.78 is 2.49. The van der Waals surface area contributed by atoms with Crippen LogP contribution < -0.4 is 0 Å². The van der Waals surface area contributed by atoms with Crippen LogP contribution in [0.5, 0.6) is 0 Å². The third kappa shape index (κ3) is 1.97. The van der Waals surface area contributed by atoms with Gasteiger partial charge in [0.05, 0.1) is 16.2 Å². The van der Waals surface area contributed by atoms with Crippen LogP contribution in [0.15, 0.2) is 30.5 Å². The van der Waals surface area contributed by atoms with Gasteiger partial charge in [-0.1, -0.05) is 23.7 Å². The molecular weight excluding hydrogens is 278 g/mol. The van der Waals surface area contributed by atoms with E-state index in [1.54, 1.807) is 0 Å². The number of H-pyrrole nitrogens is 1. The highest BCUT2D eigenvalue weighted by Gasteiger charge is 2.12. The van der Waals surface area contributed by atoms with Gasteiger partial charge < -0.3 is 4.98 Å².